The van der Waals surface area contributed by atoms with Crippen LogP contribution in [0.2, 0.25) is 0 Å². The Balaban J connectivity index is 0. The van der Waals surface area contributed by atoms with Crippen LogP contribution in [0.15, 0.2) is 74.9 Å². The summed E-state index contributed by atoms with van der Waals surface area (Å²) >= 11 is 0. The molecule has 0 aliphatic rings. The van der Waals surface area contributed by atoms with Gasteiger partial charge >= 0.3 is 36.5 Å². The average Bonchev–Trinajstić information content (AvgIpc) is 3.40. The largest absolute Gasteiger partial charge is 2.00 e. The molecule has 4 heterocycles. The molecule has 0 aromatic carbocycles. The Morgan fingerprint density at radius 3 is 0.727 bits per heavy atom. The minimum Gasteiger partial charge on any atom is -0.450 e. The van der Waals surface area contributed by atoms with Crippen molar-refractivity contribution in [3.05, 3.63) is 74.9 Å². The maximum absolute atomic E-state index is 3.61. The van der Waals surface area contributed by atoms with E-state index in [9.17, 15) is 0 Å². The third-order valence-corrected chi connectivity index (χ3v) is 1.49. The number of hydrogen-bond donors (Lipinski definition) is 0. The summed E-state index contributed by atoms with van der Waals surface area (Å²) in [6.45, 7) is 0. The van der Waals surface area contributed by atoms with Crippen molar-refractivity contribution in [3.63, 3.8) is 0 Å². The molecular formula is C12H12CuN8Zn. The number of imidazole rings is 4. The molecular weight excluding hydrogens is 385 g/mol. The van der Waals surface area contributed by atoms with E-state index in [1.54, 1.807) is 49.6 Å². The van der Waals surface area contributed by atoms with Crippen LogP contribution in [0.3, 0.4) is 0 Å². The van der Waals surface area contributed by atoms with Gasteiger partial charge in [-0.25, -0.2) is 0 Å². The first-order valence-electron chi connectivity index (χ1n) is 5.46. The Bertz CT molecular complexity index is 362. The summed E-state index contributed by atoms with van der Waals surface area (Å²) in [4.78, 5) is 28.9. The molecule has 10 heteroatoms. The molecule has 0 aliphatic carbocycles. The molecule has 0 aliphatic heterocycles. The SMILES string of the molecule is [Cu+2].[Zn+2].c1c[n-]cn1.c1c[n-]cn1.c1c[n-]cn1.c1c[n-]cn1. The maximum atomic E-state index is 3.61. The number of rotatable bonds is 0. The minimum absolute atomic E-state index is 0. The van der Waals surface area contributed by atoms with Crippen molar-refractivity contribution >= 4 is 0 Å². The van der Waals surface area contributed by atoms with E-state index in [2.05, 4.69) is 39.9 Å². The summed E-state index contributed by atoms with van der Waals surface area (Å²) in [7, 11) is 0. The zero-order valence-corrected chi connectivity index (χ0v) is 15.4. The van der Waals surface area contributed by atoms with Gasteiger partial charge in [-0.2, -0.15) is 0 Å². The predicted molar refractivity (Wildman–Crippen MR) is 70.2 cm³/mol. The van der Waals surface area contributed by atoms with E-state index in [0.717, 1.165) is 0 Å². The van der Waals surface area contributed by atoms with Crippen molar-refractivity contribution in [2.75, 3.05) is 0 Å². The number of nitrogens with zero attached hydrogens (tertiary/aromatic N) is 8. The summed E-state index contributed by atoms with van der Waals surface area (Å²) in [5, 5.41) is 0. The fourth-order valence-corrected chi connectivity index (χ4v) is 0.770. The second-order valence-electron chi connectivity index (χ2n) is 2.85. The Kier molecular flexibility index (Phi) is 19.2. The smallest absolute Gasteiger partial charge is 0.450 e. The number of hydrogen-bond acceptors (Lipinski definition) is 4. The molecule has 8 nitrogen and oxygen atoms in total. The molecule has 4 aromatic rings. The minimum atomic E-state index is 0. The third kappa shape index (κ3) is 16.0. The van der Waals surface area contributed by atoms with Gasteiger partial charge in [-0.15, -0.1) is 0 Å². The summed E-state index contributed by atoms with van der Waals surface area (Å²) < 4.78 is 0. The first-order chi connectivity index (χ1) is 10.0. The monoisotopic (exact) mass is 395 g/mol. The average molecular weight is 397 g/mol. The zero-order valence-electron chi connectivity index (χ0n) is 11.5. The van der Waals surface area contributed by atoms with Crippen molar-refractivity contribution in [1.82, 2.24) is 39.9 Å². The quantitative estimate of drug-likeness (QED) is 0.386. The summed E-state index contributed by atoms with van der Waals surface area (Å²) in [5.41, 5.74) is 0. The molecule has 0 fully saturated rings. The van der Waals surface area contributed by atoms with Gasteiger partial charge in [0.05, 0.1) is 0 Å². The summed E-state index contributed by atoms with van der Waals surface area (Å²) in [5.74, 6) is 0. The Morgan fingerprint density at radius 2 is 0.682 bits per heavy atom. The predicted octanol–water partition coefficient (Wildman–Crippen LogP) is 0.150. The number of aromatic nitrogens is 8. The van der Waals surface area contributed by atoms with Gasteiger partial charge in [0, 0.05) is 0 Å². The van der Waals surface area contributed by atoms with Crippen LogP contribution >= 0.6 is 0 Å². The molecule has 113 valence electrons. The van der Waals surface area contributed by atoms with Gasteiger partial charge in [0.15, 0.2) is 0 Å². The molecule has 1 radical (unpaired) electrons. The van der Waals surface area contributed by atoms with E-state index in [0.29, 0.717) is 0 Å². The van der Waals surface area contributed by atoms with Gasteiger partial charge in [-0.1, -0.05) is 74.9 Å². The Morgan fingerprint density at radius 1 is 0.455 bits per heavy atom. The normalized spacial score (nSPS) is 7.27. The molecule has 0 saturated heterocycles. The van der Waals surface area contributed by atoms with Crippen LogP contribution in [0, 0.1) is 0 Å². The fourth-order valence-electron chi connectivity index (χ4n) is 0.770. The van der Waals surface area contributed by atoms with Gasteiger partial charge in [-0.3, -0.25) is 0 Å². The molecule has 0 N–H and O–H groups in total. The topological polar surface area (TPSA) is 108 Å². The summed E-state index contributed by atoms with van der Waals surface area (Å²) in [6, 6.07) is 0. The molecule has 0 saturated carbocycles. The van der Waals surface area contributed by atoms with Crippen molar-refractivity contribution < 1.29 is 36.5 Å². The van der Waals surface area contributed by atoms with E-state index in [1.165, 1.54) is 25.3 Å². The van der Waals surface area contributed by atoms with Gasteiger partial charge in [0.25, 0.3) is 0 Å². The molecule has 0 amide bonds. The Hall–Kier alpha value is -2.02. The van der Waals surface area contributed by atoms with Gasteiger partial charge < -0.3 is 39.9 Å². The molecule has 0 unspecified atom stereocenters. The molecule has 4 rings (SSSR count). The fraction of sp³-hybridized carbons (Fsp3) is 0. The van der Waals surface area contributed by atoms with E-state index in [4.69, 9.17) is 0 Å². The van der Waals surface area contributed by atoms with E-state index in [-0.39, 0.29) is 36.5 Å². The van der Waals surface area contributed by atoms with Crippen LogP contribution in [0.1, 0.15) is 0 Å². The third-order valence-electron chi connectivity index (χ3n) is 1.49. The molecule has 4 aromatic heterocycles. The second kappa shape index (κ2) is 19.0. The second-order valence-corrected chi connectivity index (χ2v) is 2.85. The first-order valence-corrected chi connectivity index (χ1v) is 5.46. The maximum Gasteiger partial charge on any atom is 2.00 e. The van der Waals surface area contributed by atoms with E-state index >= 15 is 0 Å². The molecule has 0 spiro atoms. The van der Waals surface area contributed by atoms with Crippen LogP contribution < -0.4 is 19.9 Å². The van der Waals surface area contributed by atoms with Crippen LogP contribution in [0.25, 0.3) is 0 Å². The summed E-state index contributed by atoms with van der Waals surface area (Å²) in [6.07, 6.45) is 19.1. The van der Waals surface area contributed by atoms with Gasteiger partial charge in [0.1, 0.15) is 0 Å². The molecule has 0 atom stereocenters. The van der Waals surface area contributed by atoms with Crippen LogP contribution in [-0.4, -0.2) is 19.9 Å². The first kappa shape index (κ1) is 22.3. The van der Waals surface area contributed by atoms with Crippen LogP contribution in [0.4, 0.5) is 0 Å². The van der Waals surface area contributed by atoms with E-state index in [1.807, 2.05) is 0 Å². The standard InChI is InChI=1S/4C3H3N2.Cu.Zn/c4*1-2-5-3-4-1;;/h4*1-3H;;/q4*-1;2*+2. The van der Waals surface area contributed by atoms with Crippen molar-refractivity contribution in [2.24, 2.45) is 0 Å². The van der Waals surface area contributed by atoms with Crippen molar-refractivity contribution in [3.8, 4) is 0 Å². The molecule has 22 heavy (non-hydrogen) atoms. The van der Waals surface area contributed by atoms with Gasteiger partial charge in [-0.05, 0) is 0 Å². The van der Waals surface area contributed by atoms with Crippen molar-refractivity contribution in [1.29, 1.82) is 0 Å². The molecule has 0 bridgehead atoms. The van der Waals surface area contributed by atoms with Crippen molar-refractivity contribution in [2.45, 2.75) is 0 Å². The Labute approximate surface area is 151 Å². The van der Waals surface area contributed by atoms with E-state index < -0.39 is 0 Å². The van der Waals surface area contributed by atoms with Crippen LogP contribution in [0.5, 0.6) is 0 Å². The van der Waals surface area contributed by atoms with Gasteiger partial charge in [0.2, 0.25) is 0 Å². The zero-order chi connectivity index (χ0) is 14.1. The van der Waals surface area contributed by atoms with Crippen LogP contribution in [-0.2, 0) is 36.5 Å².